The number of esters is 1. The Morgan fingerprint density at radius 2 is 2.00 bits per heavy atom. The second kappa shape index (κ2) is 4.76. The van der Waals surface area contributed by atoms with Crippen molar-refractivity contribution in [2.24, 2.45) is 11.3 Å². The third kappa shape index (κ3) is 2.42. The van der Waals surface area contributed by atoms with Crippen LogP contribution >= 0.6 is 0 Å². The molecule has 0 aromatic rings. The fourth-order valence-corrected chi connectivity index (χ4v) is 4.40. The Morgan fingerprint density at radius 3 is 2.53 bits per heavy atom. The zero-order valence-corrected chi connectivity index (χ0v) is 13.0. The summed E-state index contributed by atoms with van der Waals surface area (Å²) in [6.45, 7) is 11.2. The summed E-state index contributed by atoms with van der Waals surface area (Å²) in [4.78, 5) is 12.4. The first-order chi connectivity index (χ1) is 8.81. The zero-order chi connectivity index (χ0) is 14.3. The van der Waals surface area contributed by atoms with Crippen molar-refractivity contribution in [1.82, 2.24) is 0 Å². The largest absolute Gasteiger partial charge is 0.464 e. The van der Waals surface area contributed by atoms with Gasteiger partial charge in [-0.2, -0.15) is 0 Å². The molecule has 3 unspecified atom stereocenters. The van der Waals surface area contributed by atoms with Crippen molar-refractivity contribution < 1.29 is 14.3 Å². The van der Waals surface area contributed by atoms with Crippen LogP contribution in [0.15, 0.2) is 0 Å². The molecule has 2 aliphatic rings. The Labute approximate surface area is 117 Å². The van der Waals surface area contributed by atoms with E-state index in [1.807, 2.05) is 6.92 Å². The molecule has 110 valence electrons. The fourth-order valence-electron chi connectivity index (χ4n) is 4.40. The van der Waals surface area contributed by atoms with Gasteiger partial charge >= 0.3 is 5.97 Å². The highest BCUT2D eigenvalue weighted by atomic mass is 16.7. The van der Waals surface area contributed by atoms with Gasteiger partial charge in [-0.15, -0.1) is 0 Å². The second-order valence-corrected chi connectivity index (χ2v) is 7.25. The summed E-state index contributed by atoms with van der Waals surface area (Å²) in [6.07, 6.45) is 4.92. The Hall–Kier alpha value is -0.570. The van der Waals surface area contributed by atoms with Crippen molar-refractivity contribution in [3.8, 4) is 0 Å². The maximum absolute atomic E-state index is 12.4. The number of carbonyl (C=O) groups excluding carboxylic acids is 1. The normalized spacial score (nSPS) is 40.2. The lowest BCUT2D eigenvalue weighted by molar-refractivity contribution is -0.150. The molecule has 0 aromatic carbocycles. The summed E-state index contributed by atoms with van der Waals surface area (Å²) in [5, 5.41) is 0. The molecule has 1 saturated heterocycles. The quantitative estimate of drug-likeness (QED) is 0.576. The van der Waals surface area contributed by atoms with Crippen LogP contribution < -0.4 is 0 Å². The van der Waals surface area contributed by atoms with Gasteiger partial charge < -0.3 is 9.47 Å². The molecule has 2 rings (SSSR count). The molecule has 1 saturated carbocycles. The Morgan fingerprint density at radius 1 is 1.32 bits per heavy atom. The van der Waals surface area contributed by atoms with Crippen molar-refractivity contribution in [2.75, 3.05) is 6.61 Å². The van der Waals surface area contributed by atoms with E-state index in [4.69, 9.17) is 9.47 Å². The van der Waals surface area contributed by atoms with Crippen LogP contribution in [-0.2, 0) is 14.3 Å². The number of rotatable bonds is 4. The summed E-state index contributed by atoms with van der Waals surface area (Å²) in [5.74, 6) is 0.471. The van der Waals surface area contributed by atoms with Gasteiger partial charge in [0.15, 0.2) is 5.60 Å². The summed E-state index contributed by atoms with van der Waals surface area (Å²) in [5.41, 5.74) is -0.653. The van der Waals surface area contributed by atoms with E-state index in [2.05, 4.69) is 27.7 Å². The van der Waals surface area contributed by atoms with Crippen molar-refractivity contribution in [3.05, 3.63) is 0 Å². The Balaban J connectivity index is 2.22. The van der Waals surface area contributed by atoms with E-state index in [1.54, 1.807) is 0 Å². The molecule has 19 heavy (non-hydrogen) atoms. The van der Waals surface area contributed by atoms with Gasteiger partial charge in [0, 0.05) is 0 Å². The van der Waals surface area contributed by atoms with Crippen LogP contribution in [0.5, 0.6) is 0 Å². The SMILES string of the molecule is CCCC1(C(=O)OCC)OC12CC(C)CC(C)(C)C2. The minimum atomic E-state index is -0.649. The van der Waals surface area contributed by atoms with E-state index >= 15 is 0 Å². The minimum absolute atomic E-state index is 0.137. The Kier molecular flexibility index (Phi) is 3.72. The smallest absolute Gasteiger partial charge is 0.341 e. The van der Waals surface area contributed by atoms with E-state index in [0.29, 0.717) is 12.5 Å². The number of hydrogen-bond donors (Lipinski definition) is 0. The minimum Gasteiger partial charge on any atom is -0.464 e. The highest BCUT2D eigenvalue weighted by molar-refractivity contribution is 5.85. The van der Waals surface area contributed by atoms with Crippen LogP contribution in [-0.4, -0.2) is 23.8 Å². The lowest BCUT2D eigenvalue weighted by Gasteiger charge is -2.39. The molecule has 0 bridgehead atoms. The lowest BCUT2D eigenvalue weighted by Crippen LogP contribution is -2.43. The van der Waals surface area contributed by atoms with Gasteiger partial charge in [0.2, 0.25) is 0 Å². The molecule has 3 nitrogen and oxygen atoms in total. The van der Waals surface area contributed by atoms with Crippen LogP contribution in [0.25, 0.3) is 0 Å². The predicted octanol–water partition coefficient (Wildman–Crippen LogP) is 3.70. The lowest BCUT2D eigenvalue weighted by atomic mass is 9.64. The first-order valence-corrected chi connectivity index (χ1v) is 7.68. The van der Waals surface area contributed by atoms with E-state index in [0.717, 1.165) is 25.7 Å². The molecular formula is C16H28O3. The van der Waals surface area contributed by atoms with Gasteiger partial charge in [-0.05, 0) is 43.9 Å². The molecule has 3 atom stereocenters. The molecular weight excluding hydrogens is 240 g/mol. The van der Waals surface area contributed by atoms with E-state index in [-0.39, 0.29) is 17.0 Å². The molecule has 1 aliphatic heterocycles. The average molecular weight is 268 g/mol. The number of carbonyl (C=O) groups is 1. The van der Waals surface area contributed by atoms with Crippen molar-refractivity contribution in [2.45, 2.75) is 77.9 Å². The standard InChI is InChI=1S/C16H28O3/c1-6-8-16(13(17)18-7-2)15(19-16)10-12(3)9-14(4,5)11-15/h12H,6-11H2,1-5H3. The highest BCUT2D eigenvalue weighted by Gasteiger charge is 2.76. The maximum Gasteiger partial charge on any atom is 0.341 e. The molecule has 0 N–H and O–H groups in total. The maximum atomic E-state index is 12.4. The molecule has 0 aromatic heterocycles. The van der Waals surface area contributed by atoms with Gasteiger partial charge in [0.05, 0.1) is 6.61 Å². The molecule has 0 radical (unpaired) electrons. The van der Waals surface area contributed by atoms with Crippen molar-refractivity contribution in [1.29, 1.82) is 0 Å². The van der Waals surface area contributed by atoms with Gasteiger partial charge in [0.25, 0.3) is 0 Å². The third-order valence-corrected chi connectivity index (χ3v) is 4.61. The summed E-state index contributed by atoms with van der Waals surface area (Å²) < 4.78 is 11.4. The van der Waals surface area contributed by atoms with Crippen LogP contribution in [0.1, 0.15) is 66.7 Å². The van der Waals surface area contributed by atoms with Crippen molar-refractivity contribution in [3.63, 3.8) is 0 Å². The van der Waals surface area contributed by atoms with Crippen LogP contribution in [0.2, 0.25) is 0 Å². The van der Waals surface area contributed by atoms with Crippen LogP contribution in [0.4, 0.5) is 0 Å². The van der Waals surface area contributed by atoms with Gasteiger partial charge in [-0.1, -0.05) is 34.1 Å². The van der Waals surface area contributed by atoms with Crippen LogP contribution in [0, 0.1) is 11.3 Å². The second-order valence-electron chi connectivity index (χ2n) is 7.25. The molecule has 1 heterocycles. The molecule has 1 spiro atoms. The number of hydrogen-bond acceptors (Lipinski definition) is 3. The van der Waals surface area contributed by atoms with Crippen molar-refractivity contribution >= 4 is 5.97 Å². The summed E-state index contributed by atoms with van der Waals surface area (Å²) in [7, 11) is 0. The highest BCUT2D eigenvalue weighted by Crippen LogP contribution is 2.63. The molecule has 0 amide bonds. The first kappa shape index (κ1) is 14.8. The third-order valence-electron chi connectivity index (χ3n) is 4.61. The van der Waals surface area contributed by atoms with E-state index in [9.17, 15) is 4.79 Å². The van der Waals surface area contributed by atoms with Gasteiger partial charge in [-0.3, -0.25) is 0 Å². The van der Waals surface area contributed by atoms with E-state index < -0.39 is 5.60 Å². The average Bonchev–Trinajstić information content (AvgIpc) is 2.83. The zero-order valence-electron chi connectivity index (χ0n) is 13.0. The van der Waals surface area contributed by atoms with Gasteiger partial charge in [-0.25, -0.2) is 4.79 Å². The molecule has 1 aliphatic carbocycles. The number of ether oxygens (including phenoxy) is 2. The Bertz CT molecular complexity index is 363. The first-order valence-electron chi connectivity index (χ1n) is 7.68. The summed E-state index contributed by atoms with van der Waals surface area (Å²) >= 11 is 0. The monoisotopic (exact) mass is 268 g/mol. The number of epoxide rings is 1. The predicted molar refractivity (Wildman–Crippen MR) is 74.9 cm³/mol. The van der Waals surface area contributed by atoms with E-state index in [1.165, 1.54) is 6.42 Å². The molecule has 2 fully saturated rings. The fraction of sp³-hybridized carbons (Fsp3) is 0.938. The summed E-state index contributed by atoms with van der Waals surface area (Å²) in [6, 6.07) is 0. The van der Waals surface area contributed by atoms with Gasteiger partial charge in [0.1, 0.15) is 5.60 Å². The molecule has 3 heteroatoms. The van der Waals surface area contributed by atoms with Crippen LogP contribution in [0.3, 0.4) is 0 Å². The topological polar surface area (TPSA) is 38.8 Å².